The highest BCUT2D eigenvalue weighted by atomic mass is 35.5. The van der Waals surface area contributed by atoms with Gasteiger partial charge >= 0.3 is 0 Å². The fourth-order valence-corrected chi connectivity index (χ4v) is 4.75. The van der Waals surface area contributed by atoms with E-state index in [0.717, 1.165) is 60.8 Å². The molecule has 1 amide bonds. The lowest BCUT2D eigenvalue weighted by Gasteiger charge is -2.32. The minimum absolute atomic E-state index is 0.00623. The predicted molar refractivity (Wildman–Crippen MR) is 140 cm³/mol. The second-order valence-electron chi connectivity index (χ2n) is 9.00. The standard InChI is InChI=1S/C28H29ClN4O2/c29-22-10-12-23(13-11-22)30-28(34)19-32-16-14-21(15-17-32)18-33-26-9-5-4-8-25(26)31-27(33)20-35-24-6-2-1-3-7-24/h1-13,21H,14-20H2,(H,30,34). The molecule has 0 spiro atoms. The van der Waals surface area contributed by atoms with Crippen molar-refractivity contribution >= 4 is 34.2 Å². The lowest BCUT2D eigenvalue weighted by molar-refractivity contribution is -0.117. The van der Waals surface area contributed by atoms with Crippen LogP contribution in [0.3, 0.4) is 0 Å². The first-order chi connectivity index (χ1) is 17.1. The zero-order chi connectivity index (χ0) is 24.0. The summed E-state index contributed by atoms with van der Waals surface area (Å²) >= 11 is 5.92. The van der Waals surface area contributed by atoms with Gasteiger partial charge in [-0.25, -0.2) is 4.98 Å². The van der Waals surface area contributed by atoms with E-state index in [0.29, 0.717) is 24.1 Å². The molecule has 2 heterocycles. The SMILES string of the molecule is O=C(CN1CCC(Cn2c(COc3ccccc3)nc3ccccc32)CC1)Nc1ccc(Cl)cc1. The molecule has 1 aliphatic rings. The maximum Gasteiger partial charge on any atom is 0.238 e. The zero-order valence-electron chi connectivity index (χ0n) is 19.6. The topological polar surface area (TPSA) is 59.4 Å². The number of halogens is 1. The number of para-hydroxylation sites is 3. The highest BCUT2D eigenvalue weighted by molar-refractivity contribution is 6.30. The van der Waals surface area contributed by atoms with Crippen LogP contribution in [0.1, 0.15) is 18.7 Å². The van der Waals surface area contributed by atoms with Gasteiger partial charge in [-0.05, 0) is 80.4 Å². The monoisotopic (exact) mass is 488 g/mol. The Kier molecular flexibility index (Phi) is 7.31. The van der Waals surface area contributed by atoms with Crippen LogP contribution in [-0.4, -0.2) is 40.0 Å². The summed E-state index contributed by atoms with van der Waals surface area (Å²) in [4.78, 5) is 19.6. The number of imidazole rings is 1. The van der Waals surface area contributed by atoms with Crippen LogP contribution in [0, 0.1) is 5.92 Å². The summed E-state index contributed by atoms with van der Waals surface area (Å²) in [6.07, 6.45) is 2.08. The number of carbonyl (C=O) groups is 1. The lowest BCUT2D eigenvalue weighted by atomic mass is 9.96. The molecule has 0 saturated carbocycles. The van der Waals surface area contributed by atoms with Gasteiger partial charge in [0, 0.05) is 17.3 Å². The van der Waals surface area contributed by atoms with Gasteiger partial charge in [-0.3, -0.25) is 9.69 Å². The molecule has 0 radical (unpaired) electrons. The minimum atomic E-state index is 0.00623. The maximum absolute atomic E-state index is 12.5. The molecule has 1 N–H and O–H groups in total. The quantitative estimate of drug-likeness (QED) is 0.349. The van der Waals surface area contributed by atoms with Crippen LogP contribution in [0.2, 0.25) is 5.02 Å². The Balaban J connectivity index is 1.18. The summed E-state index contributed by atoms with van der Waals surface area (Å²) in [6.45, 7) is 3.54. The Bertz CT molecular complexity index is 1270. The number of anilines is 1. The van der Waals surface area contributed by atoms with E-state index in [1.165, 1.54) is 0 Å². The number of fused-ring (bicyclic) bond motifs is 1. The molecule has 0 unspecified atom stereocenters. The van der Waals surface area contributed by atoms with Crippen molar-refractivity contribution in [1.82, 2.24) is 14.5 Å². The van der Waals surface area contributed by atoms with Crippen LogP contribution in [-0.2, 0) is 17.9 Å². The first-order valence-corrected chi connectivity index (χ1v) is 12.4. The van der Waals surface area contributed by atoms with Crippen molar-refractivity contribution in [2.45, 2.75) is 26.0 Å². The molecule has 3 aromatic carbocycles. The van der Waals surface area contributed by atoms with Crippen LogP contribution < -0.4 is 10.1 Å². The van der Waals surface area contributed by atoms with E-state index in [4.69, 9.17) is 21.3 Å². The first kappa shape index (κ1) is 23.4. The van der Waals surface area contributed by atoms with Gasteiger partial charge in [0.1, 0.15) is 18.2 Å². The third-order valence-electron chi connectivity index (χ3n) is 6.49. The number of carbonyl (C=O) groups excluding carboxylic acids is 1. The summed E-state index contributed by atoms with van der Waals surface area (Å²) in [7, 11) is 0. The maximum atomic E-state index is 12.5. The van der Waals surface area contributed by atoms with Crippen LogP contribution in [0.4, 0.5) is 5.69 Å². The summed E-state index contributed by atoms with van der Waals surface area (Å²) < 4.78 is 8.34. The minimum Gasteiger partial charge on any atom is -0.486 e. The number of amides is 1. The van der Waals surface area contributed by atoms with Crippen molar-refractivity contribution in [2.75, 3.05) is 25.0 Å². The summed E-state index contributed by atoms with van der Waals surface area (Å²) in [5.74, 6) is 2.32. The number of benzene rings is 3. The van der Waals surface area contributed by atoms with E-state index >= 15 is 0 Å². The molecular weight excluding hydrogens is 460 g/mol. The molecule has 0 atom stereocenters. The molecule has 1 aliphatic heterocycles. The average Bonchev–Trinajstić information content (AvgIpc) is 3.23. The van der Waals surface area contributed by atoms with E-state index < -0.39 is 0 Å². The molecule has 5 rings (SSSR count). The molecule has 35 heavy (non-hydrogen) atoms. The largest absolute Gasteiger partial charge is 0.486 e. The Morgan fingerprint density at radius 1 is 0.971 bits per heavy atom. The molecule has 7 heteroatoms. The van der Waals surface area contributed by atoms with E-state index in [9.17, 15) is 4.79 Å². The molecule has 180 valence electrons. The predicted octanol–water partition coefficient (Wildman–Crippen LogP) is 5.62. The smallest absolute Gasteiger partial charge is 0.238 e. The number of nitrogens with zero attached hydrogens (tertiary/aromatic N) is 3. The molecule has 0 aliphatic carbocycles. The van der Waals surface area contributed by atoms with Gasteiger partial charge in [0.2, 0.25) is 5.91 Å². The van der Waals surface area contributed by atoms with Crippen molar-refractivity contribution in [2.24, 2.45) is 5.92 Å². The molecule has 0 bridgehead atoms. The number of aromatic nitrogens is 2. The second-order valence-corrected chi connectivity index (χ2v) is 9.44. The van der Waals surface area contributed by atoms with Crippen molar-refractivity contribution in [1.29, 1.82) is 0 Å². The fraction of sp³-hybridized carbons (Fsp3) is 0.286. The normalized spacial score (nSPS) is 14.8. The van der Waals surface area contributed by atoms with Gasteiger partial charge in [0.15, 0.2) is 0 Å². The number of hydrogen-bond acceptors (Lipinski definition) is 4. The number of rotatable bonds is 8. The molecule has 1 fully saturated rings. The molecule has 1 aromatic heterocycles. The van der Waals surface area contributed by atoms with Crippen molar-refractivity contribution < 1.29 is 9.53 Å². The van der Waals surface area contributed by atoms with E-state index in [1.807, 2.05) is 48.5 Å². The average molecular weight is 489 g/mol. The number of piperidine rings is 1. The van der Waals surface area contributed by atoms with E-state index in [2.05, 4.69) is 33.0 Å². The van der Waals surface area contributed by atoms with Crippen LogP contribution in [0.5, 0.6) is 5.75 Å². The van der Waals surface area contributed by atoms with Gasteiger partial charge in [0.25, 0.3) is 0 Å². The van der Waals surface area contributed by atoms with Crippen molar-refractivity contribution in [3.05, 3.63) is 89.7 Å². The first-order valence-electron chi connectivity index (χ1n) is 12.0. The third kappa shape index (κ3) is 6.02. The Morgan fingerprint density at radius 3 is 2.46 bits per heavy atom. The Hall–Kier alpha value is -3.35. The van der Waals surface area contributed by atoms with Crippen LogP contribution in [0.15, 0.2) is 78.9 Å². The molecule has 1 saturated heterocycles. The summed E-state index contributed by atoms with van der Waals surface area (Å²) in [5.41, 5.74) is 2.91. The highest BCUT2D eigenvalue weighted by Gasteiger charge is 2.23. The molecular formula is C28H29ClN4O2. The number of hydrogen-bond donors (Lipinski definition) is 1. The third-order valence-corrected chi connectivity index (χ3v) is 6.74. The van der Waals surface area contributed by atoms with Crippen LogP contribution >= 0.6 is 11.6 Å². The Labute approximate surface area is 210 Å². The van der Waals surface area contributed by atoms with Crippen LogP contribution in [0.25, 0.3) is 11.0 Å². The molecule has 6 nitrogen and oxygen atoms in total. The van der Waals surface area contributed by atoms with Gasteiger partial charge in [-0.1, -0.05) is 41.9 Å². The number of nitrogens with one attached hydrogen (secondary N) is 1. The summed E-state index contributed by atoms with van der Waals surface area (Å²) in [6, 6.07) is 25.3. The van der Waals surface area contributed by atoms with Crippen molar-refractivity contribution in [3.63, 3.8) is 0 Å². The number of likely N-dealkylation sites (tertiary alicyclic amines) is 1. The highest BCUT2D eigenvalue weighted by Crippen LogP contribution is 2.24. The van der Waals surface area contributed by atoms with Gasteiger partial charge in [-0.2, -0.15) is 0 Å². The molecule has 4 aromatic rings. The van der Waals surface area contributed by atoms with E-state index in [-0.39, 0.29) is 5.91 Å². The van der Waals surface area contributed by atoms with Gasteiger partial charge < -0.3 is 14.6 Å². The zero-order valence-corrected chi connectivity index (χ0v) is 20.3. The van der Waals surface area contributed by atoms with Gasteiger partial charge in [-0.15, -0.1) is 0 Å². The lowest BCUT2D eigenvalue weighted by Crippen LogP contribution is -2.40. The Morgan fingerprint density at radius 2 is 1.69 bits per heavy atom. The van der Waals surface area contributed by atoms with E-state index in [1.54, 1.807) is 12.1 Å². The number of ether oxygens (including phenoxy) is 1. The second kappa shape index (κ2) is 10.9. The van der Waals surface area contributed by atoms with Crippen molar-refractivity contribution in [3.8, 4) is 5.75 Å². The fourth-order valence-electron chi connectivity index (χ4n) is 4.63. The van der Waals surface area contributed by atoms with Gasteiger partial charge in [0.05, 0.1) is 17.6 Å². The summed E-state index contributed by atoms with van der Waals surface area (Å²) in [5, 5.41) is 3.61.